The molecule has 1 aromatic heterocycles. The van der Waals surface area contributed by atoms with Crippen molar-refractivity contribution in [2.75, 3.05) is 0 Å². The van der Waals surface area contributed by atoms with Crippen LogP contribution in [0.25, 0.3) is 11.5 Å². The molecule has 0 unspecified atom stereocenters. The van der Waals surface area contributed by atoms with Crippen LogP contribution in [0.15, 0.2) is 64.2 Å². The van der Waals surface area contributed by atoms with E-state index in [1.807, 2.05) is 42.5 Å². The van der Waals surface area contributed by atoms with Crippen molar-refractivity contribution < 1.29 is 4.42 Å². The summed E-state index contributed by atoms with van der Waals surface area (Å²) in [5.41, 5.74) is 3.45. The number of aryl methyl sites for hydroxylation is 1. The SMILES string of the molecule is Cc1ccc(-c2nnc(SSCc3ccccc3)o2)cc1. The zero-order valence-corrected chi connectivity index (χ0v) is 13.2. The molecule has 0 aliphatic heterocycles. The second kappa shape index (κ2) is 6.83. The van der Waals surface area contributed by atoms with Gasteiger partial charge in [-0.3, -0.25) is 0 Å². The molecule has 0 atom stereocenters. The van der Waals surface area contributed by atoms with E-state index in [-0.39, 0.29) is 0 Å². The summed E-state index contributed by atoms with van der Waals surface area (Å²) >= 11 is 0. The fraction of sp³-hybridized carbons (Fsp3) is 0.125. The normalized spacial score (nSPS) is 10.7. The van der Waals surface area contributed by atoms with Crippen molar-refractivity contribution in [3.8, 4) is 11.5 Å². The zero-order chi connectivity index (χ0) is 14.5. The summed E-state index contributed by atoms with van der Waals surface area (Å²) in [6, 6.07) is 18.4. The van der Waals surface area contributed by atoms with E-state index in [1.165, 1.54) is 21.9 Å². The summed E-state index contributed by atoms with van der Waals surface area (Å²) in [7, 11) is 3.20. The molecule has 0 spiro atoms. The van der Waals surface area contributed by atoms with Crippen molar-refractivity contribution in [2.24, 2.45) is 0 Å². The molecule has 21 heavy (non-hydrogen) atoms. The minimum absolute atomic E-state index is 0.567. The van der Waals surface area contributed by atoms with Crippen molar-refractivity contribution in [3.05, 3.63) is 65.7 Å². The van der Waals surface area contributed by atoms with E-state index in [0.717, 1.165) is 11.3 Å². The van der Waals surface area contributed by atoms with Gasteiger partial charge in [0, 0.05) is 22.1 Å². The first-order valence-electron chi connectivity index (χ1n) is 6.55. The van der Waals surface area contributed by atoms with E-state index in [9.17, 15) is 0 Å². The second-order valence-corrected chi connectivity index (χ2v) is 6.82. The van der Waals surface area contributed by atoms with Crippen LogP contribution in [0.1, 0.15) is 11.1 Å². The Morgan fingerprint density at radius 3 is 2.48 bits per heavy atom. The summed E-state index contributed by atoms with van der Waals surface area (Å²) in [5, 5.41) is 8.75. The monoisotopic (exact) mass is 314 g/mol. The van der Waals surface area contributed by atoms with Gasteiger partial charge in [0.05, 0.1) is 0 Å². The summed E-state index contributed by atoms with van der Waals surface area (Å²) in [4.78, 5) is 0. The third kappa shape index (κ3) is 3.89. The molecule has 3 rings (SSSR count). The van der Waals surface area contributed by atoms with Crippen LogP contribution in [0.2, 0.25) is 0 Å². The third-order valence-electron chi connectivity index (χ3n) is 2.90. The average molecular weight is 314 g/mol. The first-order valence-corrected chi connectivity index (χ1v) is 8.87. The van der Waals surface area contributed by atoms with Crippen molar-refractivity contribution >= 4 is 21.6 Å². The molecular formula is C16H14N2OS2. The molecule has 0 amide bonds. The number of benzene rings is 2. The average Bonchev–Trinajstić information content (AvgIpc) is 2.98. The van der Waals surface area contributed by atoms with Gasteiger partial charge in [-0.05, 0) is 24.6 Å². The molecule has 0 fully saturated rings. The number of aromatic nitrogens is 2. The largest absolute Gasteiger partial charge is 0.411 e. The van der Waals surface area contributed by atoms with Gasteiger partial charge in [0.2, 0.25) is 5.89 Å². The first-order chi connectivity index (χ1) is 10.3. The lowest BCUT2D eigenvalue weighted by atomic mass is 10.1. The van der Waals surface area contributed by atoms with Crippen LogP contribution < -0.4 is 0 Å². The minimum atomic E-state index is 0.567. The number of hydrogen-bond donors (Lipinski definition) is 0. The number of hydrogen-bond acceptors (Lipinski definition) is 5. The Morgan fingerprint density at radius 1 is 0.952 bits per heavy atom. The standard InChI is InChI=1S/C16H14N2OS2/c1-12-7-9-14(10-8-12)15-17-18-16(19-15)21-20-11-13-5-3-2-4-6-13/h2-10H,11H2,1H3. The Morgan fingerprint density at radius 2 is 1.71 bits per heavy atom. The fourth-order valence-corrected chi connectivity index (χ4v) is 3.54. The van der Waals surface area contributed by atoms with E-state index in [2.05, 4.69) is 29.3 Å². The Kier molecular flexibility index (Phi) is 4.62. The van der Waals surface area contributed by atoms with E-state index in [0.29, 0.717) is 11.1 Å². The maximum atomic E-state index is 5.67. The summed E-state index contributed by atoms with van der Waals surface area (Å²) in [6.07, 6.45) is 0. The molecule has 0 saturated carbocycles. The highest BCUT2D eigenvalue weighted by Gasteiger charge is 2.09. The van der Waals surface area contributed by atoms with E-state index in [4.69, 9.17) is 4.42 Å². The molecule has 0 radical (unpaired) electrons. The second-order valence-electron chi connectivity index (χ2n) is 4.57. The molecule has 1 heterocycles. The predicted molar refractivity (Wildman–Crippen MR) is 88.1 cm³/mol. The summed E-state index contributed by atoms with van der Waals surface area (Å²) < 4.78 is 5.67. The molecule has 0 aliphatic carbocycles. The van der Waals surface area contributed by atoms with Crippen LogP contribution in [0.3, 0.4) is 0 Å². The maximum absolute atomic E-state index is 5.67. The molecule has 5 heteroatoms. The molecular weight excluding hydrogens is 300 g/mol. The highest BCUT2D eigenvalue weighted by Crippen LogP contribution is 2.34. The van der Waals surface area contributed by atoms with Gasteiger partial charge < -0.3 is 4.42 Å². The van der Waals surface area contributed by atoms with Gasteiger partial charge in [-0.15, -0.1) is 5.10 Å². The Labute approximate surface area is 131 Å². The maximum Gasteiger partial charge on any atom is 0.287 e. The minimum Gasteiger partial charge on any atom is -0.411 e. The third-order valence-corrected chi connectivity index (χ3v) is 4.92. The zero-order valence-electron chi connectivity index (χ0n) is 11.5. The van der Waals surface area contributed by atoms with Crippen LogP contribution in [-0.4, -0.2) is 10.2 Å². The van der Waals surface area contributed by atoms with E-state index < -0.39 is 0 Å². The van der Waals surface area contributed by atoms with Crippen LogP contribution in [-0.2, 0) is 5.75 Å². The Bertz CT molecular complexity index is 696. The van der Waals surface area contributed by atoms with Crippen LogP contribution >= 0.6 is 21.6 Å². The van der Waals surface area contributed by atoms with Crippen molar-refractivity contribution in [1.29, 1.82) is 0 Å². The van der Waals surface area contributed by atoms with Gasteiger partial charge in [0.15, 0.2) is 0 Å². The quantitative estimate of drug-likeness (QED) is 0.621. The molecule has 0 aliphatic rings. The lowest BCUT2D eigenvalue weighted by molar-refractivity contribution is 0.467. The van der Waals surface area contributed by atoms with Crippen molar-refractivity contribution in [1.82, 2.24) is 10.2 Å². The summed E-state index contributed by atoms with van der Waals surface area (Å²) in [6.45, 7) is 2.05. The van der Waals surface area contributed by atoms with E-state index in [1.54, 1.807) is 10.8 Å². The van der Waals surface area contributed by atoms with E-state index >= 15 is 0 Å². The van der Waals surface area contributed by atoms with Crippen LogP contribution in [0.5, 0.6) is 0 Å². The molecule has 2 aromatic carbocycles. The van der Waals surface area contributed by atoms with Gasteiger partial charge in [-0.1, -0.05) is 63.9 Å². The lowest BCUT2D eigenvalue weighted by Gasteiger charge is -1.97. The van der Waals surface area contributed by atoms with Gasteiger partial charge >= 0.3 is 0 Å². The van der Waals surface area contributed by atoms with Gasteiger partial charge in [0.25, 0.3) is 5.22 Å². The van der Waals surface area contributed by atoms with Crippen molar-refractivity contribution in [2.45, 2.75) is 17.9 Å². The van der Waals surface area contributed by atoms with Gasteiger partial charge in [0.1, 0.15) is 0 Å². The number of rotatable bonds is 5. The molecule has 0 bridgehead atoms. The molecule has 0 saturated heterocycles. The molecule has 106 valence electrons. The van der Waals surface area contributed by atoms with Crippen LogP contribution in [0, 0.1) is 6.92 Å². The Balaban J connectivity index is 1.59. The smallest absolute Gasteiger partial charge is 0.287 e. The van der Waals surface area contributed by atoms with Gasteiger partial charge in [-0.25, -0.2) is 0 Å². The topological polar surface area (TPSA) is 38.9 Å². The Hall–Kier alpha value is -1.72. The number of nitrogens with zero attached hydrogens (tertiary/aromatic N) is 2. The fourth-order valence-electron chi connectivity index (χ4n) is 1.78. The predicted octanol–water partition coefficient (Wildman–Crippen LogP) is 4.99. The highest BCUT2D eigenvalue weighted by atomic mass is 33.1. The van der Waals surface area contributed by atoms with Gasteiger partial charge in [-0.2, -0.15) is 0 Å². The highest BCUT2D eigenvalue weighted by molar-refractivity contribution is 8.76. The molecule has 3 aromatic rings. The van der Waals surface area contributed by atoms with Crippen molar-refractivity contribution in [3.63, 3.8) is 0 Å². The molecule has 0 N–H and O–H groups in total. The lowest BCUT2D eigenvalue weighted by Crippen LogP contribution is -1.77. The molecule has 3 nitrogen and oxygen atoms in total. The van der Waals surface area contributed by atoms with Crippen LogP contribution in [0.4, 0.5) is 0 Å². The first kappa shape index (κ1) is 14.2. The summed E-state index contributed by atoms with van der Waals surface area (Å²) in [5.74, 6) is 1.48.